The van der Waals surface area contributed by atoms with E-state index < -0.39 is 23.7 Å². The fraction of sp³-hybridized carbons (Fsp3) is 0.310. The number of rotatable bonds is 4. The van der Waals surface area contributed by atoms with Crippen LogP contribution >= 0.6 is 11.6 Å². The normalized spacial score (nSPS) is 19.9. The molecule has 2 amide bonds. The van der Waals surface area contributed by atoms with Crippen molar-refractivity contribution >= 4 is 47.4 Å². The highest BCUT2D eigenvalue weighted by atomic mass is 35.5. The van der Waals surface area contributed by atoms with Crippen LogP contribution in [0.25, 0.3) is 11.4 Å². The van der Waals surface area contributed by atoms with E-state index in [0.717, 1.165) is 10.7 Å². The Morgan fingerprint density at radius 2 is 1.86 bits per heavy atom. The summed E-state index contributed by atoms with van der Waals surface area (Å²) in [6.07, 6.45) is -1.18. The molecule has 2 N–H and O–H groups in total. The lowest BCUT2D eigenvalue weighted by atomic mass is 9.97. The lowest BCUT2D eigenvalue weighted by Crippen LogP contribution is -2.48. The lowest BCUT2D eigenvalue weighted by Gasteiger charge is -2.32. The second-order valence-corrected chi connectivity index (χ2v) is 10.8. The van der Waals surface area contributed by atoms with Crippen LogP contribution in [0.2, 0.25) is 5.02 Å². The molecule has 0 bridgehead atoms. The molecular formula is C29H26ClF4N7O3. The topological polar surface area (TPSA) is 122 Å². The molecule has 2 aliphatic heterocycles. The zero-order valence-corrected chi connectivity index (χ0v) is 24.0. The van der Waals surface area contributed by atoms with Gasteiger partial charge in [0.1, 0.15) is 12.3 Å². The van der Waals surface area contributed by atoms with Crippen LogP contribution in [0.4, 0.5) is 23.2 Å². The van der Waals surface area contributed by atoms with Crippen LogP contribution in [0.3, 0.4) is 0 Å². The van der Waals surface area contributed by atoms with Crippen molar-refractivity contribution in [3.8, 4) is 5.69 Å². The molecule has 230 valence electrons. The molecule has 0 fully saturated rings. The number of carbonyl (C=O) groups excluding carboxylic acids is 3. The van der Waals surface area contributed by atoms with Crippen molar-refractivity contribution in [3.05, 3.63) is 75.8 Å². The van der Waals surface area contributed by atoms with Crippen LogP contribution in [0, 0.1) is 11.7 Å². The number of nitrogens with one attached hydrogen (secondary N) is 2. The van der Waals surface area contributed by atoms with Crippen molar-refractivity contribution in [2.75, 3.05) is 11.9 Å². The number of alkyl halides is 3. The van der Waals surface area contributed by atoms with E-state index in [0.29, 0.717) is 43.0 Å². The quantitative estimate of drug-likeness (QED) is 0.316. The van der Waals surface area contributed by atoms with Gasteiger partial charge in [0.25, 0.3) is 0 Å². The third-order valence-corrected chi connectivity index (χ3v) is 7.76. The van der Waals surface area contributed by atoms with Crippen LogP contribution < -0.4 is 10.6 Å². The average molecular weight is 632 g/mol. The van der Waals surface area contributed by atoms with Crippen LogP contribution in [-0.4, -0.2) is 56.9 Å². The zero-order valence-electron chi connectivity index (χ0n) is 23.2. The summed E-state index contributed by atoms with van der Waals surface area (Å²) in [5.74, 6) is -1.86. The Balaban J connectivity index is 1.47. The number of nitrogens with zero attached hydrogens (tertiary/aromatic N) is 5. The van der Waals surface area contributed by atoms with Crippen LogP contribution in [-0.2, 0) is 27.1 Å². The summed E-state index contributed by atoms with van der Waals surface area (Å²) in [5, 5.41) is 12.0. The largest absolute Gasteiger partial charge is 0.436 e. The number of aromatic nitrogens is 3. The first kappa shape index (κ1) is 30.9. The Bertz CT molecular complexity index is 1670. The minimum atomic E-state index is -4.79. The predicted octanol–water partition coefficient (Wildman–Crippen LogP) is 4.78. The van der Waals surface area contributed by atoms with E-state index in [1.165, 1.54) is 17.3 Å². The van der Waals surface area contributed by atoms with Gasteiger partial charge in [-0.1, -0.05) is 48.4 Å². The maximum atomic E-state index is 15.5. The zero-order chi connectivity index (χ0) is 31.6. The maximum absolute atomic E-state index is 15.5. The minimum Gasteiger partial charge on any atom is -0.350 e. The first-order valence-electron chi connectivity index (χ1n) is 13.6. The van der Waals surface area contributed by atoms with Crippen LogP contribution in [0.5, 0.6) is 0 Å². The van der Waals surface area contributed by atoms with Crippen molar-refractivity contribution in [1.82, 2.24) is 25.2 Å². The Labute approximate surface area is 253 Å². The van der Waals surface area contributed by atoms with Gasteiger partial charge in [0.15, 0.2) is 11.5 Å². The molecule has 0 radical (unpaired) electrons. The summed E-state index contributed by atoms with van der Waals surface area (Å²) >= 11 is 6.02. The summed E-state index contributed by atoms with van der Waals surface area (Å²) in [6.45, 7) is 1.76. The number of anilines is 1. The lowest BCUT2D eigenvalue weighted by molar-refractivity contribution is -0.141. The molecule has 2 aromatic carbocycles. The van der Waals surface area contributed by atoms with E-state index in [9.17, 15) is 27.6 Å². The highest BCUT2D eigenvalue weighted by molar-refractivity contribution is 6.31. The van der Waals surface area contributed by atoms with E-state index >= 15 is 4.39 Å². The average Bonchev–Trinajstić information content (AvgIpc) is 3.50. The Morgan fingerprint density at radius 3 is 2.59 bits per heavy atom. The van der Waals surface area contributed by atoms with Crippen molar-refractivity contribution in [1.29, 1.82) is 0 Å². The van der Waals surface area contributed by atoms with Gasteiger partial charge in [0.05, 0.1) is 41.1 Å². The second-order valence-electron chi connectivity index (χ2n) is 10.4. The van der Waals surface area contributed by atoms with Crippen molar-refractivity contribution in [2.45, 2.75) is 44.9 Å². The van der Waals surface area contributed by atoms with Gasteiger partial charge in [-0.2, -0.15) is 13.2 Å². The number of aliphatic imine (C=N–C) groups is 1. The third-order valence-electron chi connectivity index (χ3n) is 7.47. The highest BCUT2D eigenvalue weighted by Crippen LogP contribution is 2.35. The first-order valence-corrected chi connectivity index (χ1v) is 14.0. The molecule has 5 rings (SSSR count). The van der Waals surface area contributed by atoms with Gasteiger partial charge in [-0.05, 0) is 36.6 Å². The first-order chi connectivity index (χ1) is 21.0. The van der Waals surface area contributed by atoms with Crippen molar-refractivity contribution in [2.24, 2.45) is 10.9 Å². The molecule has 2 aliphatic rings. The van der Waals surface area contributed by atoms with Gasteiger partial charge < -0.3 is 15.5 Å². The number of hydrogen-bond donors (Lipinski definition) is 2. The molecule has 0 spiro atoms. The molecule has 15 heteroatoms. The summed E-state index contributed by atoms with van der Waals surface area (Å²) in [6, 6.07) is 8.68. The van der Waals surface area contributed by atoms with Gasteiger partial charge in [-0.3, -0.25) is 14.4 Å². The molecule has 0 saturated heterocycles. The van der Waals surface area contributed by atoms with Gasteiger partial charge in [-0.25, -0.2) is 14.1 Å². The number of benzene rings is 2. The van der Waals surface area contributed by atoms with Crippen molar-refractivity contribution in [3.63, 3.8) is 0 Å². The molecule has 0 aliphatic carbocycles. The number of aldehydes is 1. The van der Waals surface area contributed by atoms with E-state index in [1.54, 1.807) is 31.2 Å². The van der Waals surface area contributed by atoms with E-state index in [1.807, 2.05) is 0 Å². The molecule has 0 saturated carbocycles. The van der Waals surface area contributed by atoms with Gasteiger partial charge in [0, 0.05) is 23.7 Å². The number of halogens is 5. The molecule has 44 heavy (non-hydrogen) atoms. The highest BCUT2D eigenvalue weighted by Gasteiger charge is 2.36. The summed E-state index contributed by atoms with van der Waals surface area (Å²) in [4.78, 5) is 44.4. The van der Waals surface area contributed by atoms with E-state index in [4.69, 9.17) is 11.6 Å². The predicted molar refractivity (Wildman–Crippen MR) is 153 cm³/mol. The van der Waals surface area contributed by atoms with E-state index in [2.05, 4.69) is 25.9 Å². The molecule has 3 aromatic rings. The van der Waals surface area contributed by atoms with Crippen LogP contribution in [0.15, 0.2) is 53.2 Å². The van der Waals surface area contributed by atoms with Gasteiger partial charge >= 0.3 is 6.18 Å². The second kappa shape index (κ2) is 12.6. The SMILES string of the molecule is C[C@@H]1CCC[C@H](N2C=NC(c3c(-n4cc(C(F)(F)F)nn4)ccc(Cl)c3F)=C(C=O)C2)C(=O)NCc2ccccc2NC1=O. The summed E-state index contributed by atoms with van der Waals surface area (Å²) < 4.78 is 55.8. The molecule has 0 unspecified atom stereocenters. The summed E-state index contributed by atoms with van der Waals surface area (Å²) in [5.41, 5.74) is -0.755. The maximum Gasteiger partial charge on any atom is 0.436 e. The Kier molecular flexibility index (Phi) is 8.81. The number of para-hydroxylation sites is 1. The molecule has 1 aromatic heterocycles. The Morgan fingerprint density at radius 1 is 1.09 bits per heavy atom. The number of amides is 2. The number of hydrogen-bond acceptors (Lipinski definition) is 7. The standard InChI is InChI=1S/C29H26ClF4N7O3/c1-16-5-4-8-22(28(44)35-11-17-6-2-3-7-20(17)37-27(16)43)40-12-18(14-42)26(36-15-40)24-21(10-9-19(30)25(24)31)41-13-23(38-39-41)29(32,33)34/h2-3,6-7,9-10,13-16,22H,4-5,8,11-12H2,1H3,(H,35,44)(H,37,43)/t16-,22+/m1/s1. The fourth-order valence-electron chi connectivity index (χ4n) is 5.05. The molecular weight excluding hydrogens is 606 g/mol. The van der Waals surface area contributed by atoms with Gasteiger partial charge in [0.2, 0.25) is 11.8 Å². The number of carbonyl (C=O) groups is 3. The fourth-order valence-corrected chi connectivity index (χ4v) is 5.21. The third kappa shape index (κ3) is 6.34. The van der Waals surface area contributed by atoms with Crippen LogP contribution in [0.1, 0.15) is 43.0 Å². The smallest absolute Gasteiger partial charge is 0.350 e. The van der Waals surface area contributed by atoms with Crippen molar-refractivity contribution < 1.29 is 31.9 Å². The Hall–Kier alpha value is -4.59. The summed E-state index contributed by atoms with van der Waals surface area (Å²) in [7, 11) is 0. The van der Waals surface area contributed by atoms with Gasteiger partial charge in [-0.15, -0.1) is 5.10 Å². The molecule has 3 heterocycles. The number of fused-ring (bicyclic) bond motifs is 1. The minimum absolute atomic E-state index is 0.0388. The molecule has 10 nitrogen and oxygen atoms in total. The monoisotopic (exact) mass is 631 g/mol. The van der Waals surface area contributed by atoms with E-state index in [-0.39, 0.29) is 58.4 Å². The molecule has 2 atom stereocenters.